The lowest BCUT2D eigenvalue weighted by molar-refractivity contribution is -0.120. The highest BCUT2D eigenvalue weighted by molar-refractivity contribution is 7.15. The fourth-order valence-corrected chi connectivity index (χ4v) is 4.76. The van der Waals surface area contributed by atoms with E-state index in [2.05, 4.69) is 30.5 Å². The first-order valence-corrected chi connectivity index (χ1v) is 9.79. The van der Waals surface area contributed by atoms with E-state index in [1.165, 1.54) is 17.0 Å². The van der Waals surface area contributed by atoms with Crippen LogP contribution in [0.3, 0.4) is 0 Å². The van der Waals surface area contributed by atoms with Gasteiger partial charge in [0.1, 0.15) is 12.1 Å². The van der Waals surface area contributed by atoms with Crippen LogP contribution in [0.4, 0.5) is 10.9 Å². The second-order valence-electron chi connectivity index (χ2n) is 6.82. The second kappa shape index (κ2) is 6.31. The minimum Gasteiger partial charge on any atom is -0.355 e. The van der Waals surface area contributed by atoms with Crippen molar-refractivity contribution in [1.29, 1.82) is 0 Å². The maximum Gasteiger partial charge on any atom is 0.229 e. The molecule has 134 valence electrons. The zero-order valence-corrected chi connectivity index (χ0v) is 15.1. The molecule has 4 heterocycles. The molecule has 1 saturated heterocycles. The standard InChI is InChI=1S/C17H19N7OS/c25-16(20-17-19-12-2-1-3-13(12)26-17)11-6-8-23(9-7-11)15-5-4-14-21-18-10-24(14)22-15/h4-5,10-11H,1-3,6-9H2,(H,19,20,25). The van der Waals surface area contributed by atoms with Crippen molar-refractivity contribution >= 4 is 33.8 Å². The van der Waals surface area contributed by atoms with Gasteiger partial charge in [0.05, 0.1) is 5.69 Å². The summed E-state index contributed by atoms with van der Waals surface area (Å²) in [5.41, 5.74) is 1.91. The Bertz CT molecular complexity index is 936. The summed E-state index contributed by atoms with van der Waals surface area (Å²) in [7, 11) is 0. The highest BCUT2D eigenvalue weighted by Gasteiger charge is 2.27. The number of fused-ring (bicyclic) bond motifs is 2. The van der Waals surface area contributed by atoms with Gasteiger partial charge in [-0.1, -0.05) is 0 Å². The number of hydrogen-bond acceptors (Lipinski definition) is 7. The molecule has 26 heavy (non-hydrogen) atoms. The zero-order valence-electron chi connectivity index (χ0n) is 14.3. The van der Waals surface area contributed by atoms with Gasteiger partial charge in [0.2, 0.25) is 5.91 Å². The molecule has 2 aliphatic rings. The molecule has 1 amide bonds. The number of hydrogen-bond donors (Lipinski definition) is 1. The molecule has 0 unspecified atom stereocenters. The van der Waals surface area contributed by atoms with Crippen LogP contribution in [0.1, 0.15) is 29.8 Å². The predicted octanol–water partition coefficient (Wildman–Crippen LogP) is 1.92. The molecular weight excluding hydrogens is 350 g/mol. The molecule has 0 atom stereocenters. The Kier molecular flexibility index (Phi) is 3.81. The summed E-state index contributed by atoms with van der Waals surface area (Å²) in [5.74, 6) is 1.02. The third kappa shape index (κ3) is 2.82. The van der Waals surface area contributed by atoms with Crippen molar-refractivity contribution in [3.05, 3.63) is 29.0 Å². The lowest BCUT2D eigenvalue weighted by Gasteiger charge is -2.31. The summed E-state index contributed by atoms with van der Waals surface area (Å²) in [5, 5.41) is 16.2. The second-order valence-corrected chi connectivity index (χ2v) is 7.90. The number of aromatic nitrogens is 5. The number of thiazole rings is 1. The van der Waals surface area contributed by atoms with E-state index in [0.29, 0.717) is 0 Å². The SMILES string of the molecule is O=C(Nc1nc2c(s1)CCC2)C1CCN(c2ccc3nncn3n2)CC1. The molecule has 1 aliphatic carbocycles. The van der Waals surface area contributed by atoms with Gasteiger partial charge in [0, 0.05) is 23.9 Å². The van der Waals surface area contributed by atoms with Crippen molar-refractivity contribution in [2.24, 2.45) is 5.92 Å². The lowest BCUT2D eigenvalue weighted by atomic mass is 9.96. The van der Waals surface area contributed by atoms with Crippen LogP contribution >= 0.6 is 11.3 Å². The topological polar surface area (TPSA) is 88.3 Å². The molecule has 8 nitrogen and oxygen atoms in total. The molecular formula is C17H19N7OS. The van der Waals surface area contributed by atoms with Crippen LogP contribution in [0.2, 0.25) is 0 Å². The van der Waals surface area contributed by atoms with Gasteiger partial charge >= 0.3 is 0 Å². The van der Waals surface area contributed by atoms with Crippen molar-refractivity contribution in [3.8, 4) is 0 Å². The molecule has 0 aromatic carbocycles. The predicted molar refractivity (Wildman–Crippen MR) is 98.5 cm³/mol. The van der Waals surface area contributed by atoms with Crippen molar-refractivity contribution in [1.82, 2.24) is 24.8 Å². The summed E-state index contributed by atoms with van der Waals surface area (Å²) < 4.78 is 1.68. The largest absolute Gasteiger partial charge is 0.355 e. The number of rotatable bonds is 3. The molecule has 1 fully saturated rings. The number of aryl methyl sites for hydroxylation is 2. The van der Waals surface area contributed by atoms with Gasteiger partial charge in [-0.2, -0.15) is 4.52 Å². The van der Waals surface area contributed by atoms with Gasteiger partial charge in [0.15, 0.2) is 10.8 Å². The number of amides is 1. The average molecular weight is 369 g/mol. The fourth-order valence-electron chi connectivity index (χ4n) is 3.71. The smallest absolute Gasteiger partial charge is 0.229 e. The van der Waals surface area contributed by atoms with Crippen LogP contribution < -0.4 is 10.2 Å². The number of piperidine rings is 1. The Labute approximate surface area is 154 Å². The van der Waals surface area contributed by atoms with E-state index in [0.717, 1.165) is 55.4 Å². The Hall–Kier alpha value is -2.55. The van der Waals surface area contributed by atoms with E-state index in [-0.39, 0.29) is 11.8 Å². The Morgan fingerprint density at radius 1 is 1.23 bits per heavy atom. The first-order chi connectivity index (χ1) is 12.8. The zero-order chi connectivity index (χ0) is 17.5. The van der Waals surface area contributed by atoms with Crippen molar-refractivity contribution in [3.63, 3.8) is 0 Å². The number of carbonyl (C=O) groups is 1. The van der Waals surface area contributed by atoms with Gasteiger partial charge in [-0.3, -0.25) is 4.79 Å². The van der Waals surface area contributed by atoms with Crippen molar-refractivity contribution in [2.45, 2.75) is 32.1 Å². The molecule has 0 saturated carbocycles. The van der Waals surface area contributed by atoms with E-state index in [1.807, 2.05) is 12.1 Å². The van der Waals surface area contributed by atoms with E-state index in [4.69, 9.17) is 0 Å². The summed E-state index contributed by atoms with van der Waals surface area (Å²) in [6.45, 7) is 1.63. The number of nitrogens with zero attached hydrogens (tertiary/aromatic N) is 6. The van der Waals surface area contributed by atoms with E-state index < -0.39 is 0 Å². The molecule has 9 heteroatoms. The maximum absolute atomic E-state index is 12.6. The number of anilines is 2. The van der Waals surface area contributed by atoms with Crippen LogP contribution in [-0.4, -0.2) is 43.8 Å². The molecule has 3 aromatic rings. The van der Waals surface area contributed by atoms with E-state index in [1.54, 1.807) is 22.2 Å². The summed E-state index contributed by atoms with van der Waals surface area (Å²) >= 11 is 1.64. The highest BCUT2D eigenvalue weighted by atomic mass is 32.1. The monoisotopic (exact) mass is 369 g/mol. The van der Waals surface area contributed by atoms with E-state index in [9.17, 15) is 4.79 Å². The molecule has 1 aliphatic heterocycles. The highest BCUT2D eigenvalue weighted by Crippen LogP contribution is 2.31. The maximum atomic E-state index is 12.6. The van der Waals surface area contributed by atoms with Crippen LogP contribution in [-0.2, 0) is 17.6 Å². The van der Waals surface area contributed by atoms with Gasteiger partial charge < -0.3 is 10.2 Å². The Balaban J connectivity index is 1.21. The Morgan fingerprint density at radius 3 is 2.96 bits per heavy atom. The number of nitrogens with one attached hydrogen (secondary N) is 1. The lowest BCUT2D eigenvalue weighted by Crippen LogP contribution is -2.38. The first-order valence-electron chi connectivity index (χ1n) is 8.98. The molecule has 0 spiro atoms. The van der Waals surface area contributed by atoms with Crippen LogP contribution in [0, 0.1) is 5.92 Å². The normalized spacial score (nSPS) is 17.6. The molecule has 1 N–H and O–H groups in total. The fraction of sp³-hybridized carbons (Fsp3) is 0.471. The van der Waals surface area contributed by atoms with Gasteiger partial charge in [-0.05, 0) is 44.2 Å². The third-order valence-electron chi connectivity index (χ3n) is 5.16. The minimum atomic E-state index is 0.0311. The van der Waals surface area contributed by atoms with Crippen molar-refractivity contribution in [2.75, 3.05) is 23.3 Å². The summed E-state index contributed by atoms with van der Waals surface area (Å²) in [4.78, 5) is 20.7. The third-order valence-corrected chi connectivity index (χ3v) is 6.24. The van der Waals surface area contributed by atoms with Gasteiger partial charge in [0.25, 0.3) is 0 Å². The van der Waals surface area contributed by atoms with E-state index >= 15 is 0 Å². The molecule has 0 radical (unpaired) electrons. The van der Waals surface area contributed by atoms with Gasteiger partial charge in [-0.15, -0.1) is 26.6 Å². The van der Waals surface area contributed by atoms with Crippen LogP contribution in [0.5, 0.6) is 0 Å². The average Bonchev–Trinajstić information content (AvgIpc) is 3.37. The van der Waals surface area contributed by atoms with Gasteiger partial charge in [-0.25, -0.2) is 4.98 Å². The molecule has 0 bridgehead atoms. The number of carbonyl (C=O) groups excluding carboxylic acids is 1. The molecule has 3 aromatic heterocycles. The van der Waals surface area contributed by atoms with Crippen LogP contribution in [0.15, 0.2) is 18.5 Å². The first kappa shape index (κ1) is 15.7. The quantitative estimate of drug-likeness (QED) is 0.759. The van der Waals surface area contributed by atoms with Crippen LogP contribution in [0.25, 0.3) is 5.65 Å². The minimum absolute atomic E-state index is 0.0311. The summed E-state index contributed by atoms with van der Waals surface area (Å²) in [6.07, 6.45) is 6.58. The summed E-state index contributed by atoms with van der Waals surface area (Å²) in [6, 6.07) is 3.87. The molecule has 5 rings (SSSR count). The Morgan fingerprint density at radius 2 is 2.12 bits per heavy atom. The van der Waals surface area contributed by atoms with Crippen molar-refractivity contribution < 1.29 is 4.79 Å².